The maximum atomic E-state index is 12.1. The lowest BCUT2D eigenvalue weighted by Gasteiger charge is -2.16. The summed E-state index contributed by atoms with van der Waals surface area (Å²) in [5.41, 5.74) is 0.544. The quantitative estimate of drug-likeness (QED) is 0.841. The van der Waals surface area contributed by atoms with Crippen LogP contribution in [-0.2, 0) is 9.53 Å². The largest absolute Gasteiger partial charge is 0.471 e. The van der Waals surface area contributed by atoms with Gasteiger partial charge in [-0.1, -0.05) is 12.1 Å². The van der Waals surface area contributed by atoms with Gasteiger partial charge in [-0.15, -0.1) is 0 Å². The van der Waals surface area contributed by atoms with Crippen molar-refractivity contribution in [3.05, 3.63) is 29.8 Å². The van der Waals surface area contributed by atoms with E-state index in [1.807, 2.05) is 5.32 Å². The third kappa shape index (κ3) is 4.78. The average Bonchev–Trinajstić information content (AvgIpc) is 2.35. The van der Waals surface area contributed by atoms with Gasteiger partial charge in [0.05, 0.1) is 6.04 Å². The van der Waals surface area contributed by atoms with Gasteiger partial charge >= 0.3 is 12.1 Å². The molecule has 0 aliphatic heterocycles. The molecule has 1 atom stereocenters. The Balaban J connectivity index is 2.62. The third-order valence-corrected chi connectivity index (χ3v) is 2.33. The van der Waals surface area contributed by atoms with Crippen molar-refractivity contribution in [3.8, 4) is 5.75 Å². The zero-order valence-corrected chi connectivity index (χ0v) is 10.5. The van der Waals surface area contributed by atoms with Gasteiger partial charge in [0.2, 0.25) is 0 Å². The highest BCUT2D eigenvalue weighted by molar-refractivity contribution is 5.82. The van der Waals surface area contributed by atoms with Crippen molar-refractivity contribution < 1.29 is 27.4 Å². The molecular weight excluding hydrogens is 263 g/mol. The van der Waals surface area contributed by atoms with E-state index in [1.165, 1.54) is 14.0 Å². The molecule has 0 saturated carbocycles. The van der Waals surface area contributed by atoms with Crippen LogP contribution in [-0.4, -0.2) is 26.0 Å². The minimum Gasteiger partial charge on any atom is -0.468 e. The number of ether oxygens (including phenoxy) is 2. The molecule has 106 valence electrons. The minimum atomic E-state index is -4.88. The molecule has 0 aliphatic carbocycles. The van der Waals surface area contributed by atoms with Gasteiger partial charge in [-0.2, -0.15) is 13.2 Å². The van der Waals surface area contributed by atoms with Crippen molar-refractivity contribution in [2.24, 2.45) is 0 Å². The molecule has 0 saturated heterocycles. The van der Waals surface area contributed by atoms with Crippen LogP contribution in [0.3, 0.4) is 0 Å². The molecule has 0 bridgehead atoms. The van der Waals surface area contributed by atoms with Crippen LogP contribution in [0.15, 0.2) is 24.3 Å². The van der Waals surface area contributed by atoms with Crippen LogP contribution in [0.25, 0.3) is 0 Å². The Morgan fingerprint density at radius 3 is 2.37 bits per heavy atom. The molecule has 1 aromatic rings. The average molecular weight is 277 g/mol. The number of carbonyl (C=O) groups excluding carboxylic acids is 1. The van der Waals surface area contributed by atoms with Gasteiger partial charge in [-0.25, -0.2) is 0 Å². The molecule has 0 unspecified atom stereocenters. The van der Waals surface area contributed by atoms with Gasteiger partial charge in [0.15, 0.2) is 6.79 Å². The predicted octanol–water partition coefficient (Wildman–Crippen LogP) is 2.41. The molecule has 0 aliphatic rings. The summed E-state index contributed by atoms with van der Waals surface area (Å²) in [7, 11) is 1.48. The van der Waals surface area contributed by atoms with Gasteiger partial charge in [0.1, 0.15) is 5.75 Å². The zero-order valence-electron chi connectivity index (χ0n) is 10.5. The summed E-state index contributed by atoms with van der Waals surface area (Å²) in [6.07, 6.45) is -4.88. The van der Waals surface area contributed by atoms with Crippen LogP contribution in [0, 0.1) is 0 Å². The first kappa shape index (κ1) is 15.3. The summed E-state index contributed by atoms with van der Waals surface area (Å²) in [4.78, 5) is 10.8. The van der Waals surface area contributed by atoms with E-state index >= 15 is 0 Å². The summed E-state index contributed by atoms with van der Waals surface area (Å²) < 4.78 is 46.1. The maximum Gasteiger partial charge on any atom is 0.471 e. The Bertz CT molecular complexity index is 417. The fraction of sp³-hybridized carbons (Fsp3) is 0.417. The Morgan fingerprint density at radius 2 is 1.89 bits per heavy atom. The van der Waals surface area contributed by atoms with Crippen molar-refractivity contribution >= 4 is 5.91 Å². The van der Waals surface area contributed by atoms with E-state index in [4.69, 9.17) is 9.47 Å². The van der Waals surface area contributed by atoms with E-state index in [2.05, 4.69) is 0 Å². The standard InChI is InChI=1S/C12H14F3NO3/c1-8(16-11(17)12(13,14)15)9-3-5-10(6-4-9)19-7-18-2/h3-6,8H,7H2,1-2H3,(H,16,17)/t8-/m1/s1. The first-order valence-corrected chi connectivity index (χ1v) is 5.44. The molecule has 7 heteroatoms. The fourth-order valence-corrected chi connectivity index (χ4v) is 1.34. The van der Waals surface area contributed by atoms with Crippen LogP contribution in [0.4, 0.5) is 13.2 Å². The molecule has 0 fully saturated rings. The van der Waals surface area contributed by atoms with Crippen LogP contribution in [0.2, 0.25) is 0 Å². The number of hydrogen-bond acceptors (Lipinski definition) is 3. The highest BCUT2D eigenvalue weighted by atomic mass is 19.4. The van der Waals surface area contributed by atoms with E-state index in [-0.39, 0.29) is 6.79 Å². The highest BCUT2D eigenvalue weighted by Crippen LogP contribution is 2.20. The fourth-order valence-electron chi connectivity index (χ4n) is 1.34. The summed E-state index contributed by atoms with van der Waals surface area (Å²) in [5, 5.41) is 1.87. The van der Waals surface area contributed by atoms with Crippen LogP contribution < -0.4 is 10.1 Å². The molecule has 0 aromatic heterocycles. The van der Waals surface area contributed by atoms with Crippen molar-refractivity contribution in [1.82, 2.24) is 5.32 Å². The van der Waals surface area contributed by atoms with E-state index in [0.717, 1.165) is 0 Å². The molecule has 4 nitrogen and oxygen atoms in total. The number of carbonyl (C=O) groups is 1. The lowest BCUT2D eigenvalue weighted by Crippen LogP contribution is -2.38. The number of rotatable bonds is 5. The second-order valence-electron chi connectivity index (χ2n) is 3.81. The highest BCUT2D eigenvalue weighted by Gasteiger charge is 2.39. The Kier molecular flexibility index (Phi) is 5.17. The maximum absolute atomic E-state index is 12.1. The van der Waals surface area contributed by atoms with Crippen LogP contribution in [0.5, 0.6) is 5.75 Å². The number of halogens is 3. The molecule has 1 rings (SSSR count). The second-order valence-corrected chi connectivity index (χ2v) is 3.81. The van der Waals surface area contributed by atoms with Crippen LogP contribution >= 0.6 is 0 Å². The Morgan fingerprint density at radius 1 is 1.32 bits per heavy atom. The SMILES string of the molecule is COCOc1ccc([C@@H](C)NC(=O)C(F)(F)F)cc1. The van der Waals surface area contributed by atoms with E-state index < -0.39 is 18.1 Å². The third-order valence-electron chi connectivity index (χ3n) is 2.33. The first-order valence-electron chi connectivity index (χ1n) is 5.44. The van der Waals surface area contributed by atoms with Gasteiger partial charge in [0, 0.05) is 7.11 Å². The molecule has 1 amide bonds. The van der Waals surface area contributed by atoms with E-state index in [9.17, 15) is 18.0 Å². The summed E-state index contributed by atoms with van der Waals surface area (Å²) in [6, 6.07) is 5.58. The summed E-state index contributed by atoms with van der Waals surface area (Å²) >= 11 is 0. The molecular formula is C12H14F3NO3. The monoisotopic (exact) mass is 277 g/mol. The number of hydrogen-bond donors (Lipinski definition) is 1. The molecule has 0 radical (unpaired) electrons. The summed E-state index contributed by atoms with van der Waals surface area (Å²) in [6.45, 7) is 1.55. The van der Waals surface area contributed by atoms with Gasteiger partial charge in [-0.05, 0) is 24.6 Å². The smallest absolute Gasteiger partial charge is 0.468 e. The molecule has 0 heterocycles. The van der Waals surface area contributed by atoms with Crippen molar-refractivity contribution in [3.63, 3.8) is 0 Å². The summed E-state index contributed by atoms with van der Waals surface area (Å²) in [5.74, 6) is -1.43. The van der Waals surface area contributed by atoms with Crippen molar-refractivity contribution in [1.29, 1.82) is 0 Å². The van der Waals surface area contributed by atoms with Gasteiger partial charge < -0.3 is 14.8 Å². The van der Waals surface area contributed by atoms with E-state index in [0.29, 0.717) is 11.3 Å². The number of alkyl halides is 3. The predicted molar refractivity (Wildman–Crippen MR) is 61.6 cm³/mol. The van der Waals surface area contributed by atoms with Gasteiger partial charge in [0.25, 0.3) is 0 Å². The minimum absolute atomic E-state index is 0.0830. The number of nitrogens with one attached hydrogen (secondary N) is 1. The number of methoxy groups -OCH3 is 1. The number of benzene rings is 1. The first-order chi connectivity index (χ1) is 8.84. The molecule has 19 heavy (non-hydrogen) atoms. The van der Waals surface area contributed by atoms with Crippen molar-refractivity contribution in [2.45, 2.75) is 19.1 Å². The van der Waals surface area contributed by atoms with Crippen LogP contribution in [0.1, 0.15) is 18.5 Å². The number of amides is 1. The molecule has 1 N–H and O–H groups in total. The second kappa shape index (κ2) is 6.42. The van der Waals surface area contributed by atoms with E-state index in [1.54, 1.807) is 24.3 Å². The van der Waals surface area contributed by atoms with Gasteiger partial charge in [-0.3, -0.25) is 4.79 Å². The van der Waals surface area contributed by atoms with Crippen molar-refractivity contribution in [2.75, 3.05) is 13.9 Å². The lowest BCUT2D eigenvalue weighted by molar-refractivity contribution is -0.174. The topological polar surface area (TPSA) is 47.6 Å². The Labute approximate surface area is 108 Å². The zero-order chi connectivity index (χ0) is 14.5. The lowest BCUT2D eigenvalue weighted by atomic mass is 10.1. The normalized spacial score (nSPS) is 12.9. The molecule has 0 spiro atoms. The Hall–Kier alpha value is -1.76. The molecule has 1 aromatic carbocycles.